The Labute approximate surface area is 115 Å². The molecule has 4 heteroatoms. The lowest BCUT2D eigenvalue weighted by molar-refractivity contribution is 0.0645. The lowest BCUT2D eigenvalue weighted by Crippen LogP contribution is -2.47. The van der Waals surface area contributed by atoms with Gasteiger partial charge in [0.15, 0.2) is 0 Å². The van der Waals surface area contributed by atoms with Crippen molar-refractivity contribution in [2.75, 3.05) is 40.5 Å². The summed E-state index contributed by atoms with van der Waals surface area (Å²) in [4.78, 5) is 2.33. The highest BCUT2D eigenvalue weighted by molar-refractivity contribution is 5.36. The number of morpholine rings is 1. The van der Waals surface area contributed by atoms with Gasteiger partial charge in [0.05, 0.1) is 20.3 Å². The van der Waals surface area contributed by atoms with E-state index in [-0.39, 0.29) is 0 Å². The minimum Gasteiger partial charge on any atom is -0.496 e. The Kier molecular flexibility index (Phi) is 5.19. The summed E-state index contributed by atoms with van der Waals surface area (Å²) in [5.41, 5.74) is 2.50. The Morgan fingerprint density at radius 3 is 2.95 bits per heavy atom. The van der Waals surface area contributed by atoms with Gasteiger partial charge in [-0.1, -0.05) is 12.1 Å². The summed E-state index contributed by atoms with van der Waals surface area (Å²) in [5.74, 6) is 0.953. The normalized spacial score (nSPS) is 19.7. The average Bonchev–Trinajstić information content (AvgIpc) is 2.40. The first kappa shape index (κ1) is 14.3. The molecule has 4 nitrogen and oxygen atoms in total. The number of methoxy groups -OCH3 is 1. The van der Waals surface area contributed by atoms with Crippen LogP contribution < -0.4 is 10.1 Å². The predicted molar refractivity (Wildman–Crippen MR) is 76.7 cm³/mol. The third-order valence-electron chi connectivity index (χ3n) is 3.44. The van der Waals surface area contributed by atoms with Gasteiger partial charge < -0.3 is 19.7 Å². The summed E-state index contributed by atoms with van der Waals surface area (Å²) in [5, 5.41) is 3.48. The first-order valence-electron chi connectivity index (χ1n) is 6.82. The van der Waals surface area contributed by atoms with Gasteiger partial charge in [0, 0.05) is 25.7 Å². The maximum Gasteiger partial charge on any atom is 0.121 e. The number of likely N-dealkylation sites (N-methyl/N-ethyl adjacent to an activating group) is 1. The third kappa shape index (κ3) is 4.20. The maximum atomic E-state index is 5.48. The fourth-order valence-corrected chi connectivity index (χ4v) is 2.53. The number of rotatable bonds is 5. The maximum absolute atomic E-state index is 5.48. The van der Waals surface area contributed by atoms with Crippen LogP contribution in [0.1, 0.15) is 11.1 Å². The quantitative estimate of drug-likeness (QED) is 0.872. The molecule has 1 unspecified atom stereocenters. The number of benzene rings is 1. The molecule has 1 aliphatic rings. The van der Waals surface area contributed by atoms with Crippen LogP contribution in [0.5, 0.6) is 5.75 Å². The van der Waals surface area contributed by atoms with Crippen LogP contribution in [0.15, 0.2) is 18.2 Å². The Morgan fingerprint density at radius 1 is 1.47 bits per heavy atom. The van der Waals surface area contributed by atoms with Gasteiger partial charge in [0.25, 0.3) is 0 Å². The van der Waals surface area contributed by atoms with Crippen LogP contribution in [0.25, 0.3) is 0 Å². The highest BCUT2D eigenvalue weighted by Gasteiger charge is 2.15. The van der Waals surface area contributed by atoms with Gasteiger partial charge in [0.2, 0.25) is 0 Å². The first-order chi connectivity index (χ1) is 9.19. The second-order valence-corrected chi connectivity index (χ2v) is 5.23. The molecule has 1 fully saturated rings. The van der Waals surface area contributed by atoms with E-state index in [9.17, 15) is 0 Å². The van der Waals surface area contributed by atoms with Crippen molar-refractivity contribution in [1.82, 2.24) is 10.2 Å². The molecule has 1 saturated heterocycles. The molecule has 106 valence electrons. The second-order valence-electron chi connectivity index (χ2n) is 5.23. The second kappa shape index (κ2) is 6.89. The Morgan fingerprint density at radius 2 is 2.32 bits per heavy atom. The van der Waals surface area contributed by atoms with E-state index in [1.165, 1.54) is 11.1 Å². The molecule has 0 amide bonds. The SMILES string of the molecule is COc1ccc(CN(C)CC2COCCN2)cc1C. The van der Waals surface area contributed by atoms with Crippen LogP contribution in [0.3, 0.4) is 0 Å². The molecule has 1 heterocycles. The van der Waals surface area contributed by atoms with E-state index < -0.39 is 0 Å². The molecule has 2 rings (SSSR count). The number of aryl methyl sites for hydroxylation is 1. The van der Waals surface area contributed by atoms with Gasteiger partial charge in [-0.25, -0.2) is 0 Å². The van der Waals surface area contributed by atoms with Crippen molar-refractivity contribution in [3.05, 3.63) is 29.3 Å². The Balaban J connectivity index is 1.87. The van der Waals surface area contributed by atoms with Gasteiger partial charge in [-0.3, -0.25) is 0 Å². The van der Waals surface area contributed by atoms with Gasteiger partial charge in [-0.05, 0) is 31.2 Å². The van der Waals surface area contributed by atoms with E-state index in [0.29, 0.717) is 6.04 Å². The molecule has 1 aliphatic heterocycles. The summed E-state index contributed by atoms with van der Waals surface area (Å²) < 4.78 is 10.8. The largest absolute Gasteiger partial charge is 0.496 e. The van der Waals surface area contributed by atoms with Crippen molar-refractivity contribution in [3.63, 3.8) is 0 Å². The molecule has 0 saturated carbocycles. The molecule has 1 aromatic carbocycles. The number of hydrogen-bond acceptors (Lipinski definition) is 4. The Hall–Kier alpha value is -1.10. The molecule has 0 aliphatic carbocycles. The topological polar surface area (TPSA) is 33.7 Å². The lowest BCUT2D eigenvalue weighted by Gasteiger charge is -2.28. The van der Waals surface area contributed by atoms with Crippen molar-refractivity contribution < 1.29 is 9.47 Å². The molecule has 1 atom stereocenters. The predicted octanol–water partition coefficient (Wildman–Crippen LogP) is 1.42. The Bertz CT molecular complexity index is 403. The highest BCUT2D eigenvalue weighted by atomic mass is 16.5. The number of ether oxygens (including phenoxy) is 2. The molecule has 0 bridgehead atoms. The van der Waals surface area contributed by atoms with Crippen LogP contribution in [0.4, 0.5) is 0 Å². The molecule has 19 heavy (non-hydrogen) atoms. The number of hydrogen-bond donors (Lipinski definition) is 1. The lowest BCUT2D eigenvalue weighted by atomic mass is 10.1. The third-order valence-corrected chi connectivity index (χ3v) is 3.44. The van der Waals surface area contributed by atoms with Gasteiger partial charge in [0.1, 0.15) is 5.75 Å². The van der Waals surface area contributed by atoms with Crippen molar-refractivity contribution in [2.24, 2.45) is 0 Å². The summed E-state index contributed by atoms with van der Waals surface area (Å²) >= 11 is 0. The fourth-order valence-electron chi connectivity index (χ4n) is 2.53. The molecular weight excluding hydrogens is 240 g/mol. The van der Waals surface area contributed by atoms with Gasteiger partial charge in [-0.15, -0.1) is 0 Å². The van der Waals surface area contributed by atoms with Crippen molar-refractivity contribution in [3.8, 4) is 5.75 Å². The summed E-state index contributed by atoms with van der Waals surface area (Å²) in [6.45, 7) is 6.64. The molecule has 0 spiro atoms. The van der Waals surface area contributed by atoms with Gasteiger partial charge in [-0.2, -0.15) is 0 Å². The first-order valence-corrected chi connectivity index (χ1v) is 6.82. The zero-order chi connectivity index (χ0) is 13.7. The van der Waals surface area contributed by atoms with E-state index in [0.717, 1.165) is 38.6 Å². The number of nitrogens with one attached hydrogen (secondary N) is 1. The smallest absolute Gasteiger partial charge is 0.121 e. The molecule has 0 aromatic heterocycles. The average molecular weight is 264 g/mol. The fraction of sp³-hybridized carbons (Fsp3) is 0.600. The van der Waals surface area contributed by atoms with Crippen LogP contribution >= 0.6 is 0 Å². The summed E-state index contributed by atoms with van der Waals surface area (Å²) in [6.07, 6.45) is 0. The molecule has 0 radical (unpaired) electrons. The molecular formula is C15H24N2O2. The van der Waals surface area contributed by atoms with Crippen LogP contribution in [-0.2, 0) is 11.3 Å². The van der Waals surface area contributed by atoms with Crippen LogP contribution in [-0.4, -0.2) is 51.4 Å². The van der Waals surface area contributed by atoms with Crippen molar-refractivity contribution in [2.45, 2.75) is 19.5 Å². The number of nitrogens with zero attached hydrogens (tertiary/aromatic N) is 1. The highest BCUT2D eigenvalue weighted by Crippen LogP contribution is 2.19. The molecule has 1 N–H and O–H groups in total. The van der Waals surface area contributed by atoms with E-state index in [4.69, 9.17) is 9.47 Å². The summed E-state index contributed by atoms with van der Waals surface area (Å²) in [7, 11) is 3.86. The zero-order valence-corrected chi connectivity index (χ0v) is 12.1. The van der Waals surface area contributed by atoms with Crippen LogP contribution in [0, 0.1) is 6.92 Å². The van der Waals surface area contributed by atoms with Gasteiger partial charge >= 0.3 is 0 Å². The van der Waals surface area contributed by atoms with Crippen molar-refractivity contribution >= 4 is 0 Å². The van der Waals surface area contributed by atoms with Crippen molar-refractivity contribution in [1.29, 1.82) is 0 Å². The van der Waals surface area contributed by atoms with E-state index in [1.54, 1.807) is 7.11 Å². The zero-order valence-electron chi connectivity index (χ0n) is 12.1. The van der Waals surface area contributed by atoms with Crippen LogP contribution in [0.2, 0.25) is 0 Å². The standard InChI is InChI=1S/C15H24N2O2/c1-12-8-13(4-5-15(12)18-3)9-17(2)10-14-11-19-7-6-16-14/h4-5,8,14,16H,6-7,9-11H2,1-3H3. The van der Waals surface area contributed by atoms with E-state index >= 15 is 0 Å². The minimum absolute atomic E-state index is 0.443. The summed E-state index contributed by atoms with van der Waals surface area (Å²) in [6, 6.07) is 6.81. The molecule has 1 aromatic rings. The monoisotopic (exact) mass is 264 g/mol. The minimum atomic E-state index is 0.443. The van der Waals surface area contributed by atoms with E-state index in [1.807, 2.05) is 6.07 Å². The van der Waals surface area contributed by atoms with E-state index in [2.05, 4.69) is 36.3 Å².